The molecule has 1 aromatic carbocycles. The number of ether oxygens (including phenoxy) is 1. The van der Waals surface area contributed by atoms with Gasteiger partial charge in [-0.15, -0.1) is 0 Å². The van der Waals surface area contributed by atoms with Crippen molar-refractivity contribution in [2.45, 2.75) is 0 Å². The number of hydrogen-bond acceptors (Lipinski definition) is 6. The van der Waals surface area contributed by atoms with E-state index in [2.05, 4.69) is 10.00 Å². The lowest BCUT2D eigenvalue weighted by Crippen LogP contribution is -2.37. The quantitative estimate of drug-likeness (QED) is 0.734. The number of fused-ring (bicyclic) bond motifs is 1. The lowest BCUT2D eigenvalue weighted by atomic mass is 10.3. The van der Waals surface area contributed by atoms with E-state index in [1.807, 2.05) is 55.5 Å². The van der Waals surface area contributed by atoms with E-state index in [0.717, 1.165) is 48.8 Å². The lowest BCUT2D eigenvalue weighted by molar-refractivity contribution is 0.122. The summed E-state index contributed by atoms with van der Waals surface area (Å²) in [5.41, 5.74) is 1.89. The molecule has 1 saturated heterocycles. The molecule has 0 spiro atoms. The van der Waals surface area contributed by atoms with Crippen molar-refractivity contribution in [3.8, 4) is 0 Å². The minimum Gasteiger partial charge on any atom is -0.378 e. The summed E-state index contributed by atoms with van der Waals surface area (Å²) >= 11 is 0. The molecular weight excluding hydrogens is 304 g/mol. The van der Waals surface area contributed by atoms with Crippen LogP contribution >= 0.6 is 0 Å². The van der Waals surface area contributed by atoms with Crippen molar-refractivity contribution in [1.82, 2.24) is 19.7 Å². The van der Waals surface area contributed by atoms with Gasteiger partial charge in [0.1, 0.15) is 5.82 Å². The maximum absolute atomic E-state index is 5.47. The summed E-state index contributed by atoms with van der Waals surface area (Å²) in [5.74, 6) is 1.59. The van der Waals surface area contributed by atoms with E-state index in [1.54, 1.807) is 4.68 Å². The van der Waals surface area contributed by atoms with E-state index in [4.69, 9.17) is 14.7 Å². The third-order valence-corrected chi connectivity index (χ3v) is 4.31. The summed E-state index contributed by atoms with van der Waals surface area (Å²) in [5, 5.41) is 5.34. The fourth-order valence-corrected chi connectivity index (χ4v) is 2.93. The fraction of sp³-hybridized carbons (Fsp3) is 0.353. The molecule has 1 fully saturated rings. The van der Waals surface area contributed by atoms with Crippen molar-refractivity contribution in [3.05, 3.63) is 36.5 Å². The van der Waals surface area contributed by atoms with Crippen LogP contribution in [0.3, 0.4) is 0 Å². The van der Waals surface area contributed by atoms with Crippen LogP contribution < -0.4 is 9.80 Å². The summed E-state index contributed by atoms with van der Waals surface area (Å²) in [6.07, 6.45) is 1.84. The summed E-state index contributed by atoms with van der Waals surface area (Å²) in [4.78, 5) is 13.8. The van der Waals surface area contributed by atoms with Gasteiger partial charge in [-0.2, -0.15) is 15.1 Å². The molecule has 1 aliphatic rings. The Hall–Kier alpha value is -2.67. The largest absolute Gasteiger partial charge is 0.378 e. The number of aromatic nitrogens is 4. The molecule has 0 saturated carbocycles. The van der Waals surface area contributed by atoms with Crippen LogP contribution in [-0.4, -0.2) is 53.1 Å². The molecule has 1 aliphatic heterocycles. The Kier molecular flexibility index (Phi) is 3.78. The Morgan fingerprint density at radius 2 is 1.83 bits per heavy atom. The zero-order valence-electron chi connectivity index (χ0n) is 13.9. The van der Waals surface area contributed by atoms with Gasteiger partial charge in [0.2, 0.25) is 5.95 Å². The number of benzene rings is 1. The Morgan fingerprint density at radius 3 is 2.58 bits per heavy atom. The standard InChI is InChI=1S/C17H20N6O/c1-21(13-6-4-3-5-7-13)17-19-15-14(12-18-22(15)2)16(20-17)23-8-10-24-11-9-23/h3-7,12H,8-11H2,1-2H3. The molecule has 0 atom stereocenters. The zero-order valence-corrected chi connectivity index (χ0v) is 13.9. The van der Waals surface area contributed by atoms with E-state index in [-0.39, 0.29) is 0 Å². The van der Waals surface area contributed by atoms with E-state index < -0.39 is 0 Å². The average molecular weight is 324 g/mol. The third-order valence-electron chi connectivity index (χ3n) is 4.31. The van der Waals surface area contributed by atoms with Crippen LogP contribution in [0.25, 0.3) is 11.0 Å². The van der Waals surface area contributed by atoms with Crippen LogP contribution in [-0.2, 0) is 11.8 Å². The number of para-hydroxylation sites is 1. The smallest absolute Gasteiger partial charge is 0.233 e. The predicted octanol–water partition coefficient (Wildman–Crippen LogP) is 1.97. The van der Waals surface area contributed by atoms with Crippen molar-refractivity contribution in [2.75, 3.05) is 43.2 Å². The van der Waals surface area contributed by atoms with E-state index in [0.29, 0.717) is 5.95 Å². The molecule has 4 rings (SSSR count). The topological polar surface area (TPSA) is 59.3 Å². The van der Waals surface area contributed by atoms with Gasteiger partial charge < -0.3 is 14.5 Å². The van der Waals surface area contributed by atoms with Crippen LogP contribution in [0.1, 0.15) is 0 Å². The second kappa shape index (κ2) is 6.09. The monoisotopic (exact) mass is 324 g/mol. The van der Waals surface area contributed by atoms with Crippen molar-refractivity contribution in [1.29, 1.82) is 0 Å². The number of rotatable bonds is 3. The molecule has 0 aliphatic carbocycles. The van der Waals surface area contributed by atoms with Gasteiger partial charge in [-0.25, -0.2) is 0 Å². The van der Waals surface area contributed by atoms with Crippen molar-refractivity contribution >= 4 is 28.5 Å². The fourth-order valence-electron chi connectivity index (χ4n) is 2.93. The molecular formula is C17H20N6O. The molecule has 0 radical (unpaired) electrons. The molecule has 7 nitrogen and oxygen atoms in total. The molecule has 2 aromatic heterocycles. The molecule has 0 amide bonds. The molecule has 24 heavy (non-hydrogen) atoms. The summed E-state index contributed by atoms with van der Waals surface area (Å²) in [7, 11) is 3.89. The van der Waals surface area contributed by atoms with Gasteiger partial charge in [0.15, 0.2) is 5.65 Å². The van der Waals surface area contributed by atoms with Crippen LogP contribution in [0, 0.1) is 0 Å². The van der Waals surface area contributed by atoms with Gasteiger partial charge in [0.05, 0.1) is 24.8 Å². The van der Waals surface area contributed by atoms with Gasteiger partial charge in [-0.3, -0.25) is 4.68 Å². The SMILES string of the molecule is CN(c1ccccc1)c1nc(N2CCOCC2)c2cnn(C)c2n1. The van der Waals surface area contributed by atoms with Gasteiger partial charge in [0, 0.05) is 32.9 Å². The highest BCUT2D eigenvalue weighted by Crippen LogP contribution is 2.29. The van der Waals surface area contributed by atoms with Gasteiger partial charge in [-0.1, -0.05) is 18.2 Å². The highest BCUT2D eigenvalue weighted by molar-refractivity contribution is 5.88. The van der Waals surface area contributed by atoms with Crippen LogP contribution in [0.4, 0.5) is 17.5 Å². The first-order chi connectivity index (χ1) is 11.7. The van der Waals surface area contributed by atoms with Gasteiger partial charge in [0.25, 0.3) is 0 Å². The first-order valence-electron chi connectivity index (χ1n) is 8.05. The Bertz CT molecular complexity index is 841. The van der Waals surface area contributed by atoms with Crippen molar-refractivity contribution < 1.29 is 4.74 Å². The van der Waals surface area contributed by atoms with Crippen LogP contribution in [0.5, 0.6) is 0 Å². The van der Waals surface area contributed by atoms with E-state index in [9.17, 15) is 0 Å². The predicted molar refractivity (Wildman–Crippen MR) is 93.8 cm³/mol. The van der Waals surface area contributed by atoms with Gasteiger partial charge in [-0.05, 0) is 12.1 Å². The van der Waals surface area contributed by atoms with Crippen molar-refractivity contribution in [2.24, 2.45) is 7.05 Å². The molecule has 3 aromatic rings. The summed E-state index contributed by atoms with van der Waals surface area (Å²) in [6, 6.07) is 10.1. The summed E-state index contributed by atoms with van der Waals surface area (Å²) < 4.78 is 7.26. The normalized spacial score (nSPS) is 15.0. The molecule has 7 heteroatoms. The van der Waals surface area contributed by atoms with Gasteiger partial charge >= 0.3 is 0 Å². The first-order valence-corrected chi connectivity index (χ1v) is 8.05. The maximum Gasteiger partial charge on any atom is 0.233 e. The average Bonchev–Trinajstić information content (AvgIpc) is 3.03. The Balaban J connectivity index is 1.82. The molecule has 0 bridgehead atoms. The number of hydrogen-bond donors (Lipinski definition) is 0. The number of morpholine rings is 1. The lowest BCUT2D eigenvalue weighted by Gasteiger charge is -2.29. The second-order valence-corrected chi connectivity index (χ2v) is 5.85. The molecule has 0 N–H and O–H groups in total. The molecule has 0 unspecified atom stereocenters. The highest BCUT2D eigenvalue weighted by Gasteiger charge is 2.20. The minimum absolute atomic E-state index is 0.666. The highest BCUT2D eigenvalue weighted by atomic mass is 16.5. The Morgan fingerprint density at radius 1 is 1.08 bits per heavy atom. The Labute approximate surface area is 140 Å². The zero-order chi connectivity index (χ0) is 16.5. The third kappa shape index (κ3) is 2.56. The van der Waals surface area contributed by atoms with Crippen LogP contribution in [0.15, 0.2) is 36.5 Å². The summed E-state index contributed by atoms with van der Waals surface area (Å²) in [6.45, 7) is 3.09. The first kappa shape index (κ1) is 14.9. The van der Waals surface area contributed by atoms with Crippen LogP contribution in [0.2, 0.25) is 0 Å². The minimum atomic E-state index is 0.666. The van der Waals surface area contributed by atoms with Crippen molar-refractivity contribution in [3.63, 3.8) is 0 Å². The number of anilines is 3. The van der Waals surface area contributed by atoms with E-state index >= 15 is 0 Å². The number of aryl methyl sites for hydroxylation is 1. The molecule has 124 valence electrons. The van der Waals surface area contributed by atoms with E-state index in [1.165, 1.54) is 0 Å². The maximum atomic E-state index is 5.47. The second-order valence-electron chi connectivity index (χ2n) is 5.85. The number of nitrogens with zero attached hydrogens (tertiary/aromatic N) is 6. The molecule has 3 heterocycles.